The van der Waals surface area contributed by atoms with E-state index in [9.17, 15) is 4.79 Å². The molecule has 0 N–H and O–H groups in total. The van der Waals surface area contributed by atoms with Crippen LogP contribution in [-0.4, -0.2) is 12.9 Å². The predicted molar refractivity (Wildman–Crippen MR) is 65.5 cm³/mol. The number of benzene rings is 1. The molecule has 0 amide bonds. The molecule has 0 radical (unpaired) electrons. The Balaban J connectivity index is 2.33. The molecule has 2 nitrogen and oxygen atoms in total. The third kappa shape index (κ3) is 2.14. The van der Waals surface area contributed by atoms with Crippen LogP contribution in [0.25, 0.3) is 0 Å². The van der Waals surface area contributed by atoms with E-state index in [4.69, 9.17) is 4.74 Å². The Morgan fingerprint density at radius 1 is 1.25 bits per heavy atom. The number of carbonyl (C=O) groups excluding carboxylic acids is 1. The van der Waals surface area contributed by atoms with Gasteiger partial charge in [-0.3, -0.25) is 4.79 Å². The SMILES string of the molecule is COc1cccc(C(=O)c2csc(C)c2)c1. The third-order valence-electron chi connectivity index (χ3n) is 2.32. The van der Waals surface area contributed by atoms with Gasteiger partial charge in [-0.15, -0.1) is 11.3 Å². The summed E-state index contributed by atoms with van der Waals surface area (Å²) in [7, 11) is 1.60. The molecule has 1 aromatic heterocycles. The summed E-state index contributed by atoms with van der Waals surface area (Å²) in [5.41, 5.74) is 1.41. The number of ketones is 1. The van der Waals surface area contributed by atoms with Crippen molar-refractivity contribution in [2.75, 3.05) is 7.11 Å². The zero-order valence-corrected chi connectivity index (χ0v) is 10.0. The number of ether oxygens (including phenoxy) is 1. The molecule has 16 heavy (non-hydrogen) atoms. The highest BCUT2D eigenvalue weighted by Crippen LogP contribution is 2.19. The predicted octanol–water partition coefficient (Wildman–Crippen LogP) is 3.30. The van der Waals surface area contributed by atoms with Gasteiger partial charge in [-0.1, -0.05) is 12.1 Å². The molecule has 2 aromatic rings. The lowest BCUT2D eigenvalue weighted by molar-refractivity contribution is 0.103. The highest BCUT2D eigenvalue weighted by Gasteiger charge is 2.10. The summed E-state index contributed by atoms with van der Waals surface area (Å²) in [5, 5.41) is 1.89. The van der Waals surface area contributed by atoms with Crippen LogP contribution in [0.1, 0.15) is 20.8 Å². The summed E-state index contributed by atoms with van der Waals surface area (Å²) < 4.78 is 5.10. The van der Waals surface area contributed by atoms with E-state index < -0.39 is 0 Å². The van der Waals surface area contributed by atoms with Crippen molar-refractivity contribution in [1.82, 2.24) is 0 Å². The standard InChI is InChI=1S/C13H12O2S/c1-9-6-11(8-16-9)13(14)10-4-3-5-12(7-10)15-2/h3-8H,1-2H3. The second-order valence-electron chi connectivity index (χ2n) is 3.51. The van der Waals surface area contributed by atoms with E-state index in [-0.39, 0.29) is 5.78 Å². The number of hydrogen-bond acceptors (Lipinski definition) is 3. The minimum absolute atomic E-state index is 0.0447. The number of hydrogen-bond donors (Lipinski definition) is 0. The summed E-state index contributed by atoms with van der Waals surface area (Å²) in [6.07, 6.45) is 0. The lowest BCUT2D eigenvalue weighted by Crippen LogP contribution is -1.99. The molecular formula is C13H12O2S. The Bertz CT molecular complexity index is 514. The Hall–Kier alpha value is -1.61. The molecular weight excluding hydrogens is 220 g/mol. The maximum absolute atomic E-state index is 12.1. The molecule has 0 saturated heterocycles. The maximum Gasteiger partial charge on any atom is 0.194 e. The summed E-state index contributed by atoms with van der Waals surface area (Å²) in [5.74, 6) is 0.751. The van der Waals surface area contributed by atoms with Gasteiger partial charge in [-0.2, -0.15) is 0 Å². The summed E-state index contributed by atoms with van der Waals surface area (Å²) in [4.78, 5) is 13.2. The topological polar surface area (TPSA) is 26.3 Å². The second kappa shape index (κ2) is 4.49. The smallest absolute Gasteiger partial charge is 0.194 e. The first-order valence-corrected chi connectivity index (χ1v) is 5.82. The Kier molecular flexibility index (Phi) is 3.06. The van der Waals surface area contributed by atoms with Crippen molar-refractivity contribution in [3.63, 3.8) is 0 Å². The van der Waals surface area contributed by atoms with E-state index in [2.05, 4.69) is 0 Å². The average molecular weight is 232 g/mol. The van der Waals surface area contributed by atoms with Crippen LogP contribution < -0.4 is 4.74 Å². The number of thiophene rings is 1. The van der Waals surface area contributed by atoms with Gasteiger partial charge in [-0.05, 0) is 25.1 Å². The van der Waals surface area contributed by atoms with Crippen molar-refractivity contribution in [2.24, 2.45) is 0 Å². The highest BCUT2D eigenvalue weighted by atomic mass is 32.1. The molecule has 0 spiro atoms. The molecule has 3 heteroatoms. The van der Waals surface area contributed by atoms with Crippen LogP contribution in [0.3, 0.4) is 0 Å². The molecule has 2 rings (SSSR count). The zero-order chi connectivity index (χ0) is 11.5. The van der Waals surface area contributed by atoms with Crippen molar-refractivity contribution in [3.8, 4) is 5.75 Å². The number of rotatable bonds is 3. The molecule has 0 fully saturated rings. The van der Waals surface area contributed by atoms with E-state index in [1.165, 1.54) is 0 Å². The first kappa shape index (κ1) is 10.9. The van der Waals surface area contributed by atoms with Gasteiger partial charge < -0.3 is 4.74 Å². The molecule has 0 aliphatic rings. The molecule has 1 heterocycles. The maximum atomic E-state index is 12.1. The number of methoxy groups -OCH3 is 1. The lowest BCUT2D eigenvalue weighted by atomic mass is 10.1. The Labute approximate surface area is 98.5 Å². The third-order valence-corrected chi connectivity index (χ3v) is 3.19. The van der Waals surface area contributed by atoms with E-state index in [0.717, 1.165) is 10.4 Å². The molecule has 0 bridgehead atoms. The van der Waals surface area contributed by atoms with Gasteiger partial charge in [0.15, 0.2) is 5.78 Å². The van der Waals surface area contributed by atoms with Crippen molar-refractivity contribution >= 4 is 17.1 Å². The number of carbonyl (C=O) groups is 1. The summed E-state index contributed by atoms with van der Waals surface area (Å²) in [6, 6.07) is 9.13. The van der Waals surface area contributed by atoms with Crippen LogP contribution in [-0.2, 0) is 0 Å². The van der Waals surface area contributed by atoms with Crippen LogP contribution in [0, 0.1) is 6.92 Å². The van der Waals surface area contributed by atoms with Crippen molar-refractivity contribution in [2.45, 2.75) is 6.92 Å². The van der Waals surface area contributed by atoms with E-state index in [1.807, 2.05) is 30.5 Å². The van der Waals surface area contributed by atoms with Crippen molar-refractivity contribution in [3.05, 3.63) is 51.7 Å². The van der Waals surface area contributed by atoms with E-state index in [0.29, 0.717) is 11.3 Å². The van der Waals surface area contributed by atoms with Crippen molar-refractivity contribution < 1.29 is 9.53 Å². The Morgan fingerprint density at radius 3 is 2.69 bits per heavy atom. The minimum atomic E-state index is 0.0447. The molecule has 0 aliphatic heterocycles. The quantitative estimate of drug-likeness (QED) is 0.759. The fourth-order valence-corrected chi connectivity index (χ4v) is 2.18. The normalized spacial score (nSPS) is 10.1. The largest absolute Gasteiger partial charge is 0.497 e. The van der Waals surface area contributed by atoms with Crippen LogP contribution in [0.5, 0.6) is 5.75 Å². The first-order valence-electron chi connectivity index (χ1n) is 4.94. The van der Waals surface area contributed by atoms with Gasteiger partial charge in [0.2, 0.25) is 0 Å². The molecule has 0 unspecified atom stereocenters. The first-order chi connectivity index (χ1) is 7.70. The molecule has 1 aromatic carbocycles. The zero-order valence-electron chi connectivity index (χ0n) is 9.19. The van der Waals surface area contributed by atoms with E-state index in [1.54, 1.807) is 30.6 Å². The minimum Gasteiger partial charge on any atom is -0.497 e. The van der Waals surface area contributed by atoms with Crippen LogP contribution in [0.4, 0.5) is 0 Å². The van der Waals surface area contributed by atoms with Crippen molar-refractivity contribution in [1.29, 1.82) is 0 Å². The molecule has 0 atom stereocenters. The van der Waals surface area contributed by atoms with Gasteiger partial charge in [0, 0.05) is 21.4 Å². The van der Waals surface area contributed by atoms with Gasteiger partial charge in [0.25, 0.3) is 0 Å². The summed E-state index contributed by atoms with van der Waals surface area (Å²) >= 11 is 1.59. The molecule has 82 valence electrons. The monoisotopic (exact) mass is 232 g/mol. The summed E-state index contributed by atoms with van der Waals surface area (Å²) in [6.45, 7) is 1.99. The van der Waals surface area contributed by atoms with Gasteiger partial charge in [0.05, 0.1) is 7.11 Å². The molecule has 0 saturated carbocycles. The Morgan fingerprint density at radius 2 is 2.06 bits per heavy atom. The highest BCUT2D eigenvalue weighted by molar-refractivity contribution is 7.10. The number of aryl methyl sites for hydroxylation is 1. The fourth-order valence-electron chi connectivity index (χ4n) is 1.49. The van der Waals surface area contributed by atoms with Crippen LogP contribution in [0.2, 0.25) is 0 Å². The lowest BCUT2D eigenvalue weighted by Gasteiger charge is -2.02. The van der Waals surface area contributed by atoms with Gasteiger partial charge in [-0.25, -0.2) is 0 Å². The van der Waals surface area contributed by atoms with Gasteiger partial charge >= 0.3 is 0 Å². The van der Waals surface area contributed by atoms with Crippen LogP contribution >= 0.6 is 11.3 Å². The van der Waals surface area contributed by atoms with E-state index >= 15 is 0 Å². The second-order valence-corrected chi connectivity index (χ2v) is 4.62. The van der Waals surface area contributed by atoms with Crippen LogP contribution in [0.15, 0.2) is 35.7 Å². The average Bonchev–Trinajstić information content (AvgIpc) is 2.75. The fraction of sp³-hybridized carbons (Fsp3) is 0.154. The molecule has 0 aliphatic carbocycles. The van der Waals surface area contributed by atoms with Gasteiger partial charge in [0.1, 0.15) is 5.75 Å².